The van der Waals surface area contributed by atoms with Crippen molar-refractivity contribution < 1.29 is 9.53 Å². The predicted octanol–water partition coefficient (Wildman–Crippen LogP) is 3.47. The number of hydrogen-bond acceptors (Lipinski definition) is 3. The predicted molar refractivity (Wildman–Crippen MR) is 104 cm³/mol. The summed E-state index contributed by atoms with van der Waals surface area (Å²) in [5.74, 6) is 0.820. The SMILES string of the molecule is CCNC(=NCCCCCCC(=O)OCC)NC(C)CC.I. The average molecular weight is 427 g/mol. The van der Waals surface area contributed by atoms with Crippen molar-refractivity contribution in [3.05, 3.63) is 0 Å². The standard InChI is InChI=1S/C16H33N3O2.HI/c1-5-14(4)19-16(17-6-2)18-13-11-9-8-10-12-15(20)21-7-3;/h14H,5-13H2,1-4H3,(H2,17,18,19);1H. The Kier molecular flexibility index (Phi) is 18.2. The molecule has 1 unspecified atom stereocenters. The van der Waals surface area contributed by atoms with E-state index in [0.29, 0.717) is 19.1 Å². The molecule has 0 radical (unpaired) electrons. The lowest BCUT2D eigenvalue weighted by Gasteiger charge is -2.16. The third-order valence-corrected chi connectivity index (χ3v) is 3.20. The summed E-state index contributed by atoms with van der Waals surface area (Å²) in [5.41, 5.74) is 0. The lowest BCUT2D eigenvalue weighted by atomic mass is 10.1. The fraction of sp³-hybridized carbons (Fsp3) is 0.875. The zero-order chi connectivity index (χ0) is 15.9. The maximum absolute atomic E-state index is 11.2. The Balaban J connectivity index is 0. The molecule has 132 valence electrons. The molecular formula is C16H34IN3O2. The number of hydrogen-bond donors (Lipinski definition) is 2. The molecule has 0 rings (SSSR count). The molecule has 1 atom stereocenters. The molecule has 22 heavy (non-hydrogen) atoms. The molecule has 0 aromatic rings. The Morgan fingerprint density at radius 1 is 1.14 bits per heavy atom. The van der Waals surface area contributed by atoms with E-state index in [1.54, 1.807) is 0 Å². The zero-order valence-corrected chi connectivity index (χ0v) is 16.9. The highest BCUT2D eigenvalue weighted by atomic mass is 127. The Morgan fingerprint density at radius 3 is 2.41 bits per heavy atom. The van der Waals surface area contributed by atoms with E-state index in [2.05, 4.69) is 36.4 Å². The molecule has 0 amide bonds. The van der Waals surface area contributed by atoms with Crippen molar-refractivity contribution in [3.8, 4) is 0 Å². The molecule has 0 bridgehead atoms. The Labute approximate surface area is 153 Å². The van der Waals surface area contributed by atoms with E-state index < -0.39 is 0 Å². The normalized spacial score (nSPS) is 12.3. The summed E-state index contributed by atoms with van der Waals surface area (Å²) < 4.78 is 4.90. The summed E-state index contributed by atoms with van der Waals surface area (Å²) in [6.07, 6.45) is 5.75. The van der Waals surface area contributed by atoms with Crippen molar-refractivity contribution in [2.45, 2.75) is 72.3 Å². The quantitative estimate of drug-likeness (QED) is 0.174. The van der Waals surface area contributed by atoms with Crippen molar-refractivity contribution in [2.75, 3.05) is 19.7 Å². The van der Waals surface area contributed by atoms with E-state index in [9.17, 15) is 4.79 Å². The molecule has 2 N–H and O–H groups in total. The molecule has 0 saturated heterocycles. The van der Waals surface area contributed by atoms with Crippen LogP contribution in [0, 0.1) is 0 Å². The van der Waals surface area contributed by atoms with Gasteiger partial charge < -0.3 is 15.4 Å². The van der Waals surface area contributed by atoms with Gasteiger partial charge in [-0.2, -0.15) is 0 Å². The first-order chi connectivity index (χ1) is 10.1. The van der Waals surface area contributed by atoms with Gasteiger partial charge in [0.15, 0.2) is 5.96 Å². The van der Waals surface area contributed by atoms with Gasteiger partial charge in [-0.05, 0) is 40.0 Å². The zero-order valence-electron chi connectivity index (χ0n) is 14.6. The van der Waals surface area contributed by atoms with Crippen molar-refractivity contribution in [2.24, 2.45) is 4.99 Å². The number of esters is 1. The number of halogens is 1. The van der Waals surface area contributed by atoms with Crippen molar-refractivity contribution in [1.82, 2.24) is 10.6 Å². The largest absolute Gasteiger partial charge is 0.466 e. The summed E-state index contributed by atoms with van der Waals surface area (Å²) in [6, 6.07) is 0.437. The maximum Gasteiger partial charge on any atom is 0.305 e. The van der Waals surface area contributed by atoms with E-state index in [-0.39, 0.29) is 29.9 Å². The highest BCUT2D eigenvalue weighted by molar-refractivity contribution is 14.0. The second-order valence-corrected chi connectivity index (χ2v) is 5.18. The minimum absolute atomic E-state index is 0. The number of aliphatic imine (C=N–C) groups is 1. The molecule has 0 aromatic carbocycles. The van der Waals surface area contributed by atoms with Gasteiger partial charge in [-0.3, -0.25) is 9.79 Å². The van der Waals surface area contributed by atoms with Crippen molar-refractivity contribution in [1.29, 1.82) is 0 Å². The molecule has 0 aliphatic carbocycles. The number of nitrogens with zero attached hydrogens (tertiary/aromatic N) is 1. The number of carbonyl (C=O) groups excluding carboxylic acids is 1. The minimum Gasteiger partial charge on any atom is -0.466 e. The van der Waals surface area contributed by atoms with Gasteiger partial charge in [-0.15, -0.1) is 24.0 Å². The van der Waals surface area contributed by atoms with E-state index in [0.717, 1.165) is 51.2 Å². The van der Waals surface area contributed by atoms with Crippen LogP contribution in [0.2, 0.25) is 0 Å². The van der Waals surface area contributed by atoms with Crippen LogP contribution in [0.4, 0.5) is 0 Å². The second kappa shape index (κ2) is 16.8. The molecule has 0 aliphatic rings. The molecule has 0 spiro atoms. The van der Waals surface area contributed by atoms with Crippen molar-refractivity contribution in [3.63, 3.8) is 0 Å². The van der Waals surface area contributed by atoms with Gasteiger partial charge >= 0.3 is 5.97 Å². The first kappa shape index (κ1) is 23.7. The van der Waals surface area contributed by atoms with E-state index in [4.69, 9.17) is 4.74 Å². The lowest BCUT2D eigenvalue weighted by Crippen LogP contribution is -2.42. The van der Waals surface area contributed by atoms with Crippen LogP contribution in [0.5, 0.6) is 0 Å². The monoisotopic (exact) mass is 427 g/mol. The van der Waals surface area contributed by atoms with Crippen LogP contribution >= 0.6 is 24.0 Å². The van der Waals surface area contributed by atoms with E-state index in [1.165, 1.54) is 0 Å². The van der Waals surface area contributed by atoms with E-state index >= 15 is 0 Å². The highest BCUT2D eigenvalue weighted by Crippen LogP contribution is 2.04. The van der Waals surface area contributed by atoms with Crippen LogP contribution in [0.15, 0.2) is 4.99 Å². The van der Waals surface area contributed by atoms with Crippen LogP contribution < -0.4 is 10.6 Å². The Bertz CT molecular complexity index is 299. The summed E-state index contributed by atoms with van der Waals surface area (Å²) in [7, 11) is 0. The topological polar surface area (TPSA) is 62.7 Å². The Morgan fingerprint density at radius 2 is 1.82 bits per heavy atom. The number of rotatable bonds is 11. The fourth-order valence-electron chi connectivity index (χ4n) is 1.81. The number of nitrogens with one attached hydrogen (secondary N) is 2. The number of unbranched alkanes of at least 4 members (excludes halogenated alkanes) is 3. The first-order valence-corrected chi connectivity index (χ1v) is 8.34. The van der Waals surface area contributed by atoms with Gasteiger partial charge in [0.25, 0.3) is 0 Å². The molecule has 5 nitrogen and oxygen atoms in total. The molecule has 6 heteroatoms. The first-order valence-electron chi connectivity index (χ1n) is 8.34. The number of guanidine groups is 1. The fourth-order valence-corrected chi connectivity index (χ4v) is 1.81. The lowest BCUT2D eigenvalue weighted by molar-refractivity contribution is -0.143. The molecule has 0 aromatic heterocycles. The van der Waals surface area contributed by atoms with Crippen LogP contribution in [-0.2, 0) is 9.53 Å². The summed E-state index contributed by atoms with van der Waals surface area (Å²) in [5, 5.41) is 6.63. The second-order valence-electron chi connectivity index (χ2n) is 5.18. The molecule has 0 fully saturated rings. The Hall–Kier alpha value is -0.530. The highest BCUT2D eigenvalue weighted by Gasteiger charge is 2.02. The van der Waals surface area contributed by atoms with Crippen LogP contribution in [0.3, 0.4) is 0 Å². The van der Waals surface area contributed by atoms with Crippen LogP contribution in [-0.4, -0.2) is 37.7 Å². The van der Waals surface area contributed by atoms with Gasteiger partial charge in [-0.25, -0.2) is 0 Å². The third kappa shape index (κ3) is 14.4. The van der Waals surface area contributed by atoms with Gasteiger partial charge in [0.2, 0.25) is 0 Å². The molecule has 0 aliphatic heterocycles. The molecular weight excluding hydrogens is 393 g/mol. The third-order valence-electron chi connectivity index (χ3n) is 3.20. The van der Waals surface area contributed by atoms with Gasteiger partial charge in [0.05, 0.1) is 6.61 Å². The van der Waals surface area contributed by atoms with Gasteiger partial charge in [-0.1, -0.05) is 19.8 Å². The average Bonchev–Trinajstić information content (AvgIpc) is 2.46. The van der Waals surface area contributed by atoms with Crippen molar-refractivity contribution >= 4 is 35.9 Å². The maximum atomic E-state index is 11.2. The van der Waals surface area contributed by atoms with E-state index in [1.807, 2.05) is 6.92 Å². The van der Waals surface area contributed by atoms with Gasteiger partial charge in [0.1, 0.15) is 0 Å². The molecule has 0 heterocycles. The van der Waals surface area contributed by atoms with Gasteiger partial charge in [0, 0.05) is 25.6 Å². The smallest absolute Gasteiger partial charge is 0.305 e. The van der Waals surface area contributed by atoms with Crippen LogP contribution in [0.1, 0.15) is 66.2 Å². The number of carbonyl (C=O) groups is 1. The number of ether oxygens (including phenoxy) is 1. The minimum atomic E-state index is -0.0808. The summed E-state index contributed by atoms with van der Waals surface area (Å²) in [4.78, 5) is 15.7. The summed E-state index contributed by atoms with van der Waals surface area (Å²) >= 11 is 0. The summed E-state index contributed by atoms with van der Waals surface area (Å²) in [6.45, 7) is 10.4. The molecule has 0 saturated carbocycles. The van der Waals surface area contributed by atoms with Crippen LogP contribution in [0.25, 0.3) is 0 Å².